The third-order valence-electron chi connectivity index (χ3n) is 10.8. The molecule has 7 rings (SSSR count). The van der Waals surface area contributed by atoms with Gasteiger partial charge in [-0.1, -0.05) is 93.6 Å². The number of hydrogen-bond donors (Lipinski definition) is 5. The maximum absolute atomic E-state index is 14.0. The number of benzene rings is 2. The maximum Gasteiger partial charge on any atom is 0.408 e. The van der Waals surface area contributed by atoms with Crippen molar-refractivity contribution in [3.63, 3.8) is 0 Å². The first-order valence-corrected chi connectivity index (χ1v) is 21.1. The number of nitrogens with zero attached hydrogens (tertiary/aromatic N) is 4. The van der Waals surface area contributed by atoms with Gasteiger partial charge in [-0.25, -0.2) is 19.6 Å². The van der Waals surface area contributed by atoms with Crippen LogP contribution in [0.25, 0.3) is 32.2 Å². The van der Waals surface area contributed by atoms with Gasteiger partial charge in [-0.2, -0.15) is 0 Å². The van der Waals surface area contributed by atoms with E-state index in [1.54, 1.807) is 41.4 Å². The van der Waals surface area contributed by atoms with Crippen LogP contribution in [0, 0.1) is 11.8 Å². The first kappa shape index (κ1) is 41.9. The number of H-pyrrole nitrogens is 2. The van der Waals surface area contributed by atoms with E-state index in [2.05, 4.69) is 30.9 Å². The lowest BCUT2D eigenvalue weighted by atomic mass is 10.0. The number of carbonyl (C=O) groups is 5. The van der Waals surface area contributed by atoms with Gasteiger partial charge in [-0.15, -0.1) is 0 Å². The summed E-state index contributed by atoms with van der Waals surface area (Å²) < 4.78 is 10.1. The number of thiazole rings is 1. The molecule has 60 heavy (non-hydrogen) atoms. The zero-order valence-corrected chi connectivity index (χ0v) is 35.1. The number of rotatable bonds is 13. The first-order valence-electron chi connectivity index (χ1n) is 20.3. The monoisotopic (exact) mass is 837 g/mol. The second kappa shape index (κ2) is 18.4. The molecule has 0 unspecified atom stereocenters. The van der Waals surface area contributed by atoms with E-state index in [9.17, 15) is 24.0 Å². The lowest BCUT2D eigenvalue weighted by Crippen LogP contribution is -2.51. The summed E-state index contributed by atoms with van der Waals surface area (Å²) in [4.78, 5) is 86.0. The van der Waals surface area contributed by atoms with E-state index >= 15 is 0 Å². The number of imidazole rings is 1. The SMILES string of the molecule is COC(=O)N[C@H](C(=O)N1CCC[C@H]1c1ncc(-c2ccc(-c3nc4cc(NC(=O)[C@@H]5CCCN5C(=O)[C@H](NC(=O)OCC(C)C)c5ccccc5)[nH]c4s3)cc2)[nH]1)C(C)C. The largest absolute Gasteiger partial charge is 0.453 e. The van der Waals surface area contributed by atoms with E-state index in [-0.39, 0.29) is 42.2 Å². The molecule has 0 bridgehead atoms. The minimum atomic E-state index is -1.01. The van der Waals surface area contributed by atoms with Crippen LogP contribution in [0.3, 0.4) is 0 Å². The molecule has 5 N–H and O–H groups in total. The van der Waals surface area contributed by atoms with Crippen LogP contribution >= 0.6 is 11.3 Å². The van der Waals surface area contributed by atoms with Crippen molar-refractivity contribution >= 4 is 57.4 Å². The van der Waals surface area contributed by atoms with Gasteiger partial charge in [0.1, 0.15) is 45.1 Å². The van der Waals surface area contributed by atoms with Gasteiger partial charge in [0.05, 0.1) is 31.6 Å². The Bertz CT molecular complexity index is 2290. The molecule has 2 aromatic carbocycles. The summed E-state index contributed by atoms with van der Waals surface area (Å²) in [5, 5.41) is 9.15. The molecule has 5 aromatic rings. The molecule has 2 aliphatic heterocycles. The Hall–Kier alpha value is -6.23. The molecule has 0 spiro atoms. The van der Waals surface area contributed by atoms with Gasteiger partial charge < -0.3 is 45.2 Å². The topological polar surface area (TPSA) is 204 Å². The van der Waals surface area contributed by atoms with E-state index in [0.29, 0.717) is 48.7 Å². The van der Waals surface area contributed by atoms with Crippen LogP contribution in [0.5, 0.6) is 0 Å². The molecule has 17 heteroatoms. The molecule has 4 atom stereocenters. The second-order valence-electron chi connectivity index (χ2n) is 15.9. The zero-order chi connectivity index (χ0) is 42.5. The summed E-state index contributed by atoms with van der Waals surface area (Å²) in [6.45, 7) is 8.80. The molecular formula is C43H51N9O7S. The Labute approximate surface area is 351 Å². The summed E-state index contributed by atoms with van der Waals surface area (Å²) in [6, 6.07) is 16.0. The highest BCUT2D eigenvalue weighted by Crippen LogP contribution is 2.35. The van der Waals surface area contributed by atoms with Crippen molar-refractivity contribution in [3.8, 4) is 21.8 Å². The Balaban J connectivity index is 0.986. The summed E-state index contributed by atoms with van der Waals surface area (Å²) in [5.74, 6) is 0.307. The average Bonchev–Trinajstić information content (AvgIpc) is 4.09. The van der Waals surface area contributed by atoms with Crippen molar-refractivity contribution in [2.24, 2.45) is 11.8 Å². The fourth-order valence-corrected chi connectivity index (χ4v) is 8.62. The van der Waals surface area contributed by atoms with Crippen molar-refractivity contribution in [3.05, 3.63) is 78.2 Å². The van der Waals surface area contributed by atoms with E-state index < -0.39 is 30.3 Å². The van der Waals surface area contributed by atoms with Crippen LogP contribution < -0.4 is 16.0 Å². The van der Waals surface area contributed by atoms with Crippen molar-refractivity contribution < 1.29 is 33.4 Å². The molecule has 2 aliphatic rings. The van der Waals surface area contributed by atoms with Crippen LogP contribution in [-0.4, -0.2) is 98.5 Å². The fourth-order valence-electron chi connectivity index (χ4n) is 7.66. The molecule has 0 radical (unpaired) electrons. The van der Waals surface area contributed by atoms with Crippen molar-refractivity contribution in [1.29, 1.82) is 0 Å². The third kappa shape index (κ3) is 9.30. The van der Waals surface area contributed by atoms with E-state index in [1.165, 1.54) is 23.3 Å². The van der Waals surface area contributed by atoms with Crippen molar-refractivity contribution in [1.82, 2.24) is 40.4 Å². The molecular weight excluding hydrogens is 787 g/mol. The second-order valence-corrected chi connectivity index (χ2v) is 16.9. The predicted octanol–water partition coefficient (Wildman–Crippen LogP) is 6.78. The van der Waals surface area contributed by atoms with Gasteiger partial charge >= 0.3 is 12.2 Å². The molecule has 0 saturated carbocycles. The highest BCUT2D eigenvalue weighted by atomic mass is 32.1. The maximum atomic E-state index is 14.0. The Kier molecular flexibility index (Phi) is 12.8. The smallest absolute Gasteiger partial charge is 0.408 e. The number of amides is 5. The summed E-state index contributed by atoms with van der Waals surface area (Å²) >= 11 is 1.46. The number of ether oxygens (including phenoxy) is 2. The summed E-state index contributed by atoms with van der Waals surface area (Å²) in [5.41, 5.74) is 3.94. The fraction of sp³-hybridized carbons (Fsp3) is 0.419. The van der Waals surface area contributed by atoms with Crippen LogP contribution in [0.2, 0.25) is 0 Å². The van der Waals surface area contributed by atoms with E-state index in [1.807, 2.05) is 58.0 Å². The Morgan fingerprint density at radius 1 is 0.867 bits per heavy atom. The minimum absolute atomic E-state index is 0.123. The molecule has 16 nitrogen and oxygen atoms in total. The van der Waals surface area contributed by atoms with Gasteiger partial charge in [0.15, 0.2) is 0 Å². The van der Waals surface area contributed by atoms with E-state index in [4.69, 9.17) is 14.5 Å². The highest BCUT2D eigenvalue weighted by Gasteiger charge is 2.39. The number of aromatic nitrogens is 4. The number of aromatic amines is 2. The van der Waals surface area contributed by atoms with Gasteiger partial charge in [0, 0.05) is 24.7 Å². The van der Waals surface area contributed by atoms with Gasteiger partial charge in [0.25, 0.3) is 5.91 Å². The molecule has 316 valence electrons. The average molecular weight is 838 g/mol. The summed E-state index contributed by atoms with van der Waals surface area (Å²) in [6.07, 6.45) is 3.15. The lowest BCUT2D eigenvalue weighted by Gasteiger charge is -2.30. The summed E-state index contributed by atoms with van der Waals surface area (Å²) in [7, 11) is 1.28. The minimum Gasteiger partial charge on any atom is -0.453 e. The molecule has 5 amide bonds. The number of hydrogen-bond acceptors (Lipinski definition) is 10. The third-order valence-corrected chi connectivity index (χ3v) is 11.8. The first-order chi connectivity index (χ1) is 28.9. The molecule has 2 saturated heterocycles. The molecule has 3 aromatic heterocycles. The quantitative estimate of drug-likeness (QED) is 0.0847. The highest BCUT2D eigenvalue weighted by molar-refractivity contribution is 7.21. The number of likely N-dealkylation sites (tertiary alicyclic amines) is 2. The molecule has 5 heterocycles. The number of alkyl carbamates (subject to hydrolysis) is 2. The normalized spacial score (nSPS) is 17.5. The molecule has 2 fully saturated rings. The number of nitrogens with one attached hydrogen (secondary N) is 5. The zero-order valence-electron chi connectivity index (χ0n) is 34.3. The van der Waals surface area contributed by atoms with Crippen LogP contribution in [0.1, 0.15) is 76.8 Å². The number of fused-ring (bicyclic) bond motifs is 1. The number of carbonyl (C=O) groups excluding carboxylic acids is 5. The standard InChI is InChI=1S/C43H51N9O7S/c1-24(2)23-59-43(57)50-35(27-11-7-6-8-12-27)41(55)52-20-10-14-32(52)37(53)47-33-21-29-39(48-33)60-38(46-29)28-17-15-26(16-18-28)30-22-44-36(45-30)31-13-9-19-51(31)40(54)34(25(3)4)49-42(56)58-5/h6-8,11-12,15-18,21-22,24-25,31-32,34-35,48H,9-10,13-14,19-20,23H2,1-5H3,(H,44,45)(H,47,53)(H,49,56)(H,50,57)/t31-,32-,34-,35+/m0/s1. The lowest BCUT2D eigenvalue weighted by molar-refractivity contribution is -0.138. The Morgan fingerprint density at radius 3 is 2.28 bits per heavy atom. The van der Waals surface area contributed by atoms with E-state index in [0.717, 1.165) is 39.5 Å². The van der Waals surface area contributed by atoms with Crippen LogP contribution in [0.4, 0.5) is 15.4 Å². The van der Waals surface area contributed by atoms with Gasteiger partial charge in [0.2, 0.25) is 11.8 Å². The number of anilines is 1. The predicted molar refractivity (Wildman–Crippen MR) is 227 cm³/mol. The molecule has 0 aliphatic carbocycles. The Morgan fingerprint density at radius 2 is 1.58 bits per heavy atom. The van der Waals surface area contributed by atoms with Crippen molar-refractivity contribution in [2.45, 2.75) is 77.5 Å². The van der Waals surface area contributed by atoms with Crippen LogP contribution in [0.15, 0.2) is 66.9 Å². The van der Waals surface area contributed by atoms with Gasteiger partial charge in [-0.05, 0) is 48.6 Å². The van der Waals surface area contributed by atoms with Crippen molar-refractivity contribution in [2.75, 3.05) is 32.1 Å². The van der Waals surface area contributed by atoms with Crippen LogP contribution in [-0.2, 0) is 23.9 Å². The number of methoxy groups -OCH3 is 1. The van der Waals surface area contributed by atoms with Gasteiger partial charge in [-0.3, -0.25) is 14.4 Å².